The Hall–Kier alpha value is -1.16. The SMILES string of the molecule is CC(N)c1cnc(OC2CCCCC2)nc1. The van der Waals surface area contributed by atoms with Gasteiger partial charge in [-0.25, -0.2) is 9.97 Å². The minimum Gasteiger partial charge on any atom is -0.460 e. The third kappa shape index (κ3) is 2.92. The largest absolute Gasteiger partial charge is 0.460 e. The molecule has 1 aromatic heterocycles. The highest BCUT2D eigenvalue weighted by molar-refractivity contribution is 5.11. The Morgan fingerprint density at radius 2 is 1.88 bits per heavy atom. The van der Waals surface area contributed by atoms with Gasteiger partial charge in [-0.1, -0.05) is 6.42 Å². The van der Waals surface area contributed by atoms with E-state index in [4.69, 9.17) is 10.5 Å². The molecule has 0 saturated heterocycles. The van der Waals surface area contributed by atoms with Gasteiger partial charge in [-0.15, -0.1) is 0 Å². The van der Waals surface area contributed by atoms with Crippen LogP contribution in [0.2, 0.25) is 0 Å². The van der Waals surface area contributed by atoms with Crippen molar-refractivity contribution in [2.75, 3.05) is 0 Å². The van der Waals surface area contributed by atoms with E-state index >= 15 is 0 Å². The Labute approximate surface area is 96.2 Å². The summed E-state index contributed by atoms with van der Waals surface area (Å²) >= 11 is 0. The van der Waals surface area contributed by atoms with Crippen molar-refractivity contribution in [3.8, 4) is 6.01 Å². The maximum absolute atomic E-state index is 5.73. The minimum absolute atomic E-state index is 0.0243. The molecule has 4 heteroatoms. The summed E-state index contributed by atoms with van der Waals surface area (Å²) in [5, 5.41) is 0. The Balaban J connectivity index is 1.93. The summed E-state index contributed by atoms with van der Waals surface area (Å²) in [7, 11) is 0. The van der Waals surface area contributed by atoms with Crippen LogP contribution in [0, 0.1) is 0 Å². The Morgan fingerprint density at radius 3 is 2.44 bits per heavy atom. The average Bonchev–Trinajstić information content (AvgIpc) is 2.31. The quantitative estimate of drug-likeness (QED) is 0.850. The highest BCUT2D eigenvalue weighted by atomic mass is 16.5. The van der Waals surface area contributed by atoms with Crippen LogP contribution in [-0.2, 0) is 0 Å². The van der Waals surface area contributed by atoms with Gasteiger partial charge in [0.2, 0.25) is 0 Å². The molecule has 0 amide bonds. The van der Waals surface area contributed by atoms with Gasteiger partial charge in [-0.3, -0.25) is 0 Å². The van der Waals surface area contributed by atoms with Gasteiger partial charge in [-0.05, 0) is 32.6 Å². The normalized spacial score (nSPS) is 19.4. The van der Waals surface area contributed by atoms with Crippen molar-refractivity contribution in [2.45, 2.75) is 51.2 Å². The third-order valence-electron chi connectivity index (χ3n) is 3.00. The molecule has 1 aliphatic carbocycles. The van der Waals surface area contributed by atoms with Crippen molar-refractivity contribution >= 4 is 0 Å². The molecule has 0 aromatic carbocycles. The fourth-order valence-corrected chi connectivity index (χ4v) is 1.95. The summed E-state index contributed by atoms with van der Waals surface area (Å²) in [6.45, 7) is 1.92. The summed E-state index contributed by atoms with van der Waals surface area (Å²) in [5.74, 6) is 0. The smallest absolute Gasteiger partial charge is 0.316 e. The standard InChI is InChI=1S/C12H19N3O/c1-9(13)10-7-14-12(15-8-10)16-11-5-3-2-4-6-11/h7-9,11H,2-6,13H2,1H3. The Morgan fingerprint density at radius 1 is 1.25 bits per heavy atom. The van der Waals surface area contributed by atoms with Gasteiger partial charge in [0.1, 0.15) is 6.10 Å². The average molecular weight is 221 g/mol. The second-order valence-corrected chi connectivity index (χ2v) is 4.47. The van der Waals surface area contributed by atoms with Gasteiger partial charge in [0, 0.05) is 24.0 Å². The fraction of sp³-hybridized carbons (Fsp3) is 0.667. The molecule has 2 N–H and O–H groups in total. The Bertz CT molecular complexity index is 318. The first kappa shape index (κ1) is 11.3. The van der Waals surface area contributed by atoms with Crippen LogP contribution in [0.3, 0.4) is 0 Å². The summed E-state index contributed by atoms with van der Waals surface area (Å²) in [4.78, 5) is 8.36. The van der Waals surface area contributed by atoms with E-state index in [9.17, 15) is 0 Å². The molecular formula is C12H19N3O. The fourth-order valence-electron chi connectivity index (χ4n) is 1.95. The van der Waals surface area contributed by atoms with Crippen molar-refractivity contribution in [1.82, 2.24) is 9.97 Å². The third-order valence-corrected chi connectivity index (χ3v) is 3.00. The predicted molar refractivity (Wildman–Crippen MR) is 62.1 cm³/mol. The number of nitrogens with zero attached hydrogens (tertiary/aromatic N) is 2. The first-order valence-electron chi connectivity index (χ1n) is 6.00. The molecule has 1 aromatic rings. The zero-order chi connectivity index (χ0) is 11.4. The number of rotatable bonds is 3. The molecule has 1 atom stereocenters. The molecule has 1 unspecified atom stereocenters. The second kappa shape index (κ2) is 5.25. The lowest BCUT2D eigenvalue weighted by Crippen LogP contribution is -2.20. The molecule has 1 fully saturated rings. The zero-order valence-electron chi connectivity index (χ0n) is 9.72. The van der Waals surface area contributed by atoms with E-state index in [2.05, 4.69) is 9.97 Å². The number of aromatic nitrogens is 2. The molecule has 2 rings (SSSR count). The molecule has 88 valence electrons. The maximum atomic E-state index is 5.73. The van der Waals surface area contributed by atoms with Crippen molar-refractivity contribution in [1.29, 1.82) is 0 Å². The van der Waals surface area contributed by atoms with E-state index in [1.54, 1.807) is 12.4 Å². The molecule has 16 heavy (non-hydrogen) atoms. The minimum atomic E-state index is -0.0243. The number of ether oxygens (including phenoxy) is 1. The molecule has 0 aliphatic heterocycles. The first-order valence-corrected chi connectivity index (χ1v) is 6.00. The van der Waals surface area contributed by atoms with Gasteiger partial charge in [0.05, 0.1) is 0 Å². The van der Waals surface area contributed by atoms with Gasteiger partial charge in [-0.2, -0.15) is 0 Å². The molecule has 0 radical (unpaired) electrons. The van der Waals surface area contributed by atoms with Crippen LogP contribution in [0.4, 0.5) is 0 Å². The summed E-state index contributed by atoms with van der Waals surface area (Å²) in [6, 6.07) is 0.458. The molecule has 1 aliphatic rings. The van der Waals surface area contributed by atoms with Gasteiger partial charge in [0.25, 0.3) is 0 Å². The van der Waals surface area contributed by atoms with E-state index in [-0.39, 0.29) is 6.04 Å². The molecule has 1 heterocycles. The van der Waals surface area contributed by atoms with Crippen LogP contribution in [0.5, 0.6) is 6.01 Å². The van der Waals surface area contributed by atoms with E-state index in [1.807, 2.05) is 6.92 Å². The second-order valence-electron chi connectivity index (χ2n) is 4.47. The van der Waals surface area contributed by atoms with Gasteiger partial charge >= 0.3 is 6.01 Å². The lowest BCUT2D eigenvalue weighted by Gasteiger charge is -2.21. The van der Waals surface area contributed by atoms with E-state index in [0.29, 0.717) is 12.1 Å². The van der Waals surface area contributed by atoms with Crippen molar-refractivity contribution in [3.63, 3.8) is 0 Å². The molecule has 1 saturated carbocycles. The van der Waals surface area contributed by atoms with Crippen molar-refractivity contribution in [2.24, 2.45) is 5.73 Å². The summed E-state index contributed by atoms with van der Waals surface area (Å²) in [6.07, 6.45) is 9.87. The Kier molecular flexibility index (Phi) is 3.72. The van der Waals surface area contributed by atoms with Crippen LogP contribution in [0.25, 0.3) is 0 Å². The maximum Gasteiger partial charge on any atom is 0.316 e. The van der Waals surface area contributed by atoms with Crippen LogP contribution in [0.15, 0.2) is 12.4 Å². The number of nitrogens with two attached hydrogens (primary N) is 1. The van der Waals surface area contributed by atoms with Crippen molar-refractivity contribution < 1.29 is 4.74 Å². The summed E-state index contributed by atoms with van der Waals surface area (Å²) < 4.78 is 5.73. The zero-order valence-corrected chi connectivity index (χ0v) is 9.72. The lowest BCUT2D eigenvalue weighted by molar-refractivity contribution is 0.141. The topological polar surface area (TPSA) is 61.0 Å². The highest BCUT2D eigenvalue weighted by Gasteiger charge is 2.15. The van der Waals surface area contributed by atoms with Crippen LogP contribution >= 0.6 is 0 Å². The van der Waals surface area contributed by atoms with E-state index in [1.165, 1.54) is 19.3 Å². The number of hydrogen-bond donors (Lipinski definition) is 1. The molecule has 0 bridgehead atoms. The highest BCUT2D eigenvalue weighted by Crippen LogP contribution is 2.21. The van der Waals surface area contributed by atoms with Gasteiger partial charge < -0.3 is 10.5 Å². The summed E-state index contributed by atoms with van der Waals surface area (Å²) in [5.41, 5.74) is 6.67. The van der Waals surface area contributed by atoms with Crippen LogP contribution in [-0.4, -0.2) is 16.1 Å². The van der Waals surface area contributed by atoms with Crippen LogP contribution < -0.4 is 10.5 Å². The number of hydrogen-bond acceptors (Lipinski definition) is 4. The van der Waals surface area contributed by atoms with Gasteiger partial charge in [0.15, 0.2) is 0 Å². The van der Waals surface area contributed by atoms with Crippen molar-refractivity contribution in [3.05, 3.63) is 18.0 Å². The first-order chi connectivity index (χ1) is 7.75. The lowest BCUT2D eigenvalue weighted by atomic mass is 9.98. The monoisotopic (exact) mass is 221 g/mol. The van der Waals surface area contributed by atoms with Crippen LogP contribution in [0.1, 0.15) is 50.6 Å². The molecule has 4 nitrogen and oxygen atoms in total. The van der Waals surface area contributed by atoms with E-state index in [0.717, 1.165) is 18.4 Å². The predicted octanol–water partition coefficient (Wildman–Crippen LogP) is 2.21. The van der Waals surface area contributed by atoms with E-state index < -0.39 is 0 Å². The molecular weight excluding hydrogens is 202 g/mol. The molecule has 0 spiro atoms.